The fourth-order valence-corrected chi connectivity index (χ4v) is 4.95. The van der Waals surface area contributed by atoms with Gasteiger partial charge in [-0.2, -0.15) is 0 Å². The van der Waals surface area contributed by atoms with E-state index in [2.05, 4.69) is 39.2 Å². The Balaban J connectivity index is 1.35. The fourth-order valence-electron chi connectivity index (χ4n) is 4.24. The van der Waals surface area contributed by atoms with Gasteiger partial charge in [0.2, 0.25) is 5.91 Å². The lowest BCUT2D eigenvalue weighted by Crippen LogP contribution is -2.56. The van der Waals surface area contributed by atoms with Gasteiger partial charge in [-0.3, -0.25) is 10.1 Å². The van der Waals surface area contributed by atoms with Crippen molar-refractivity contribution in [2.75, 3.05) is 6.54 Å². The van der Waals surface area contributed by atoms with E-state index in [1.54, 1.807) is 11.3 Å². The quantitative estimate of drug-likeness (QED) is 0.277. The number of aromatic amines is 1. The topological polar surface area (TPSA) is 70.1 Å². The highest BCUT2D eigenvalue weighted by Crippen LogP contribution is 2.24. The van der Waals surface area contributed by atoms with Crippen LogP contribution in [0.25, 0.3) is 21.9 Å². The smallest absolute Gasteiger partial charge is 0.240 e. The first kappa shape index (κ1) is 21.5. The Kier molecular flexibility index (Phi) is 6.03. The van der Waals surface area contributed by atoms with Crippen molar-refractivity contribution in [3.8, 4) is 0 Å². The van der Waals surface area contributed by atoms with Gasteiger partial charge in [0, 0.05) is 40.3 Å². The van der Waals surface area contributed by atoms with Gasteiger partial charge in [-0.25, -0.2) is 0 Å². The molecular formula is C27H27N3O2S. The monoisotopic (exact) mass is 457 g/mol. The van der Waals surface area contributed by atoms with Crippen molar-refractivity contribution >= 4 is 39.1 Å². The third kappa shape index (κ3) is 4.72. The minimum absolute atomic E-state index is 0.0135. The number of thiophene rings is 1. The molecule has 0 aliphatic rings. The summed E-state index contributed by atoms with van der Waals surface area (Å²) < 4.78 is 5.98. The lowest BCUT2D eigenvalue weighted by molar-refractivity contribution is -0.127. The molecule has 0 bridgehead atoms. The predicted molar refractivity (Wildman–Crippen MR) is 134 cm³/mol. The SMILES string of the molecule is CC(Cc1c[nH]c2ccccc12)(NCc1cc2ccccc2o1)C(=O)NCCc1cccs1. The number of rotatable bonds is 9. The van der Waals surface area contributed by atoms with E-state index in [4.69, 9.17) is 4.42 Å². The van der Waals surface area contributed by atoms with Crippen LogP contribution in [0.2, 0.25) is 0 Å². The predicted octanol–water partition coefficient (Wildman–Crippen LogP) is 5.43. The first-order valence-corrected chi connectivity index (χ1v) is 12.1. The Morgan fingerprint density at radius 3 is 2.79 bits per heavy atom. The molecule has 1 unspecified atom stereocenters. The minimum atomic E-state index is -0.806. The maximum absolute atomic E-state index is 13.4. The average molecular weight is 458 g/mol. The second kappa shape index (κ2) is 9.25. The van der Waals surface area contributed by atoms with E-state index in [0.717, 1.165) is 39.6 Å². The Labute approximate surface area is 196 Å². The number of hydrogen-bond acceptors (Lipinski definition) is 4. The summed E-state index contributed by atoms with van der Waals surface area (Å²) in [5.74, 6) is 0.799. The van der Waals surface area contributed by atoms with Gasteiger partial charge in [0.15, 0.2) is 0 Å². The van der Waals surface area contributed by atoms with Gasteiger partial charge in [0.25, 0.3) is 0 Å². The molecule has 0 aliphatic heterocycles. The third-order valence-electron chi connectivity index (χ3n) is 6.09. The molecule has 0 aliphatic carbocycles. The van der Waals surface area contributed by atoms with E-state index in [-0.39, 0.29) is 5.91 Å². The van der Waals surface area contributed by atoms with Crippen molar-refractivity contribution in [3.63, 3.8) is 0 Å². The lowest BCUT2D eigenvalue weighted by Gasteiger charge is -2.29. The van der Waals surface area contributed by atoms with E-state index in [0.29, 0.717) is 19.5 Å². The number of benzene rings is 2. The normalized spacial score (nSPS) is 13.4. The van der Waals surface area contributed by atoms with E-state index < -0.39 is 5.54 Å². The maximum atomic E-state index is 13.4. The van der Waals surface area contributed by atoms with Crippen LogP contribution in [-0.2, 0) is 24.2 Å². The van der Waals surface area contributed by atoms with Crippen LogP contribution in [0.5, 0.6) is 0 Å². The van der Waals surface area contributed by atoms with E-state index in [1.807, 2.05) is 61.7 Å². The summed E-state index contributed by atoms with van der Waals surface area (Å²) in [4.78, 5) is 18.0. The van der Waals surface area contributed by atoms with Crippen molar-refractivity contribution in [1.29, 1.82) is 0 Å². The zero-order valence-electron chi connectivity index (χ0n) is 18.6. The molecular weight excluding hydrogens is 430 g/mol. The van der Waals surface area contributed by atoms with E-state index in [9.17, 15) is 4.79 Å². The van der Waals surface area contributed by atoms with Gasteiger partial charge in [-0.05, 0) is 48.6 Å². The number of aromatic nitrogens is 1. The summed E-state index contributed by atoms with van der Waals surface area (Å²) in [6, 6.07) is 22.3. The number of nitrogens with one attached hydrogen (secondary N) is 3. The molecule has 2 aromatic carbocycles. The average Bonchev–Trinajstić information content (AvgIpc) is 3.58. The molecule has 0 radical (unpaired) electrons. The fraction of sp³-hybridized carbons (Fsp3) is 0.222. The van der Waals surface area contributed by atoms with Gasteiger partial charge >= 0.3 is 0 Å². The molecule has 3 aromatic heterocycles. The lowest BCUT2D eigenvalue weighted by atomic mass is 9.91. The molecule has 5 rings (SSSR count). The molecule has 0 saturated heterocycles. The van der Waals surface area contributed by atoms with Crippen LogP contribution >= 0.6 is 11.3 Å². The third-order valence-corrected chi connectivity index (χ3v) is 7.02. The first-order valence-electron chi connectivity index (χ1n) is 11.2. The Morgan fingerprint density at radius 1 is 1.09 bits per heavy atom. The minimum Gasteiger partial charge on any atom is -0.460 e. The van der Waals surface area contributed by atoms with Gasteiger partial charge in [0.05, 0.1) is 12.1 Å². The number of carbonyl (C=O) groups is 1. The number of para-hydroxylation sites is 2. The Morgan fingerprint density at radius 2 is 1.94 bits per heavy atom. The second-order valence-electron chi connectivity index (χ2n) is 8.56. The van der Waals surface area contributed by atoms with Crippen LogP contribution in [0, 0.1) is 0 Å². The van der Waals surface area contributed by atoms with Crippen LogP contribution in [0.3, 0.4) is 0 Å². The summed E-state index contributed by atoms with van der Waals surface area (Å²) in [7, 11) is 0. The molecule has 1 amide bonds. The summed E-state index contributed by atoms with van der Waals surface area (Å²) >= 11 is 1.71. The van der Waals surface area contributed by atoms with Crippen LogP contribution in [-0.4, -0.2) is 23.0 Å². The van der Waals surface area contributed by atoms with Crippen molar-refractivity contribution in [1.82, 2.24) is 15.6 Å². The summed E-state index contributed by atoms with van der Waals surface area (Å²) in [5, 5.41) is 10.9. The van der Waals surface area contributed by atoms with Crippen LogP contribution in [0.4, 0.5) is 0 Å². The maximum Gasteiger partial charge on any atom is 0.240 e. The molecule has 5 nitrogen and oxygen atoms in total. The van der Waals surface area contributed by atoms with Crippen LogP contribution < -0.4 is 10.6 Å². The number of amides is 1. The summed E-state index contributed by atoms with van der Waals surface area (Å²) in [5.41, 5.74) is 2.23. The van der Waals surface area contributed by atoms with Crippen molar-refractivity contribution < 1.29 is 9.21 Å². The molecule has 0 saturated carbocycles. The second-order valence-corrected chi connectivity index (χ2v) is 9.59. The number of hydrogen-bond donors (Lipinski definition) is 3. The molecule has 1 atom stereocenters. The molecule has 3 heterocycles. The van der Waals surface area contributed by atoms with Crippen molar-refractivity contribution in [2.45, 2.75) is 31.8 Å². The van der Waals surface area contributed by atoms with Crippen molar-refractivity contribution in [3.05, 3.63) is 94.5 Å². The van der Waals surface area contributed by atoms with Gasteiger partial charge in [-0.15, -0.1) is 11.3 Å². The molecule has 3 N–H and O–H groups in total. The number of furan rings is 1. The van der Waals surface area contributed by atoms with Crippen LogP contribution in [0.15, 0.2) is 82.7 Å². The highest BCUT2D eigenvalue weighted by atomic mass is 32.1. The molecule has 0 fully saturated rings. The van der Waals surface area contributed by atoms with E-state index in [1.165, 1.54) is 4.88 Å². The number of carbonyl (C=O) groups excluding carboxylic acids is 1. The summed E-state index contributed by atoms with van der Waals surface area (Å²) in [6.07, 6.45) is 3.39. The largest absolute Gasteiger partial charge is 0.460 e. The number of H-pyrrole nitrogens is 1. The zero-order valence-corrected chi connectivity index (χ0v) is 19.4. The van der Waals surface area contributed by atoms with Crippen LogP contribution in [0.1, 0.15) is 23.1 Å². The highest BCUT2D eigenvalue weighted by molar-refractivity contribution is 7.09. The van der Waals surface area contributed by atoms with E-state index >= 15 is 0 Å². The standard InChI is InChI=1S/C27H27N3O2S/c1-27(26(31)28-13-12-22-8-6-14-33-22,16-20-17-29-24-10-4-3-9-23(20)24)30-18-21-15-19-7-2-5-11-25(19)32-21/h2-11,14-15,17,29-30H,12-13,16,18H2,1H3,(H,28,31). The molecule has 6 heteroatoms. The summed E-state index contributed by atoms with van der Waals surface area (Å²) in [6.45, 7) is 3.04. The number of fused-ring (bicyclic) bond motifs is 2. The molecule has 168 valence electrons. The Hall–Kier alpha value is -3.35. The zero-order chi connectivity index (χ0) is 22.7. The highest BCUT2D eigenvalue weighted by Gasteiger charge is 2.34. The van der Waals surface area contributed by atoms with Gasteiger partial charge < -0.3 is 14.7 Å². The van der Waals surface area contributed by atoms with Gasteiger partial charge in [0.1, 0.15) is 11.3 Å². The molecule has 5 aromatic rings. The van der Waals surface area contributed by atoms with Gasteiger partial charge in [-0.1, -0.05) is 42.5 Å². The first-order chi connectivity index (χ1) is 16.1. The Bertz CT molecular complexity index is 1340. The molecule has 0 spiro atoms. The molecule has 33 heavy (non-hydrogen) atoms. The van der Waals surface area contributed by atoms with Crippen molar-refractivity contribution in [2.24, 2.45) is 0 Å².